The van der Waals surface area contributed by atoms with Gasteiger partial charge in [0.2, 0.25) is 0 Å². The number of hydrogen-bond donors (Lipinski definition) is 0. The van der Waals surface area contributed by atoms with Gasteiger partial charge in [-0.15, -0.1) is 0 Å². The van der Waals surface area contributed by atoms with Gasteiger partial charge in [0.15, 0.2) is 15.7 Å². The quantitative estimate of drug-likeness (QED) is 0.842. The first-order valence-electron chi connectivity index (χ1n) is 7.44. The lowest BCUT2D eigenvalue weighted by Gasteiger charge is -2.26. The van der Waals surface area contributed by atoms with Gasteiger partial charge in [0.05, 0.1) is 18.6 Å². The van der Waals surface area contributed by atoms with Gasteiger partial charge in [-0.2, -0.15) is 0 Å². The van der Waals surface area contributed by atoms with E-state index in [9.17, 15) is 8.42 Å². The van der Waals surface area contributed by atoms with Crippen LogP contribution < -0.4 is 4.74 Å². The summed E-state index contributed by atoms with van der Waals surface area (Å²) in [6.45, 7) is 1.82. The Morgan fingerprint density at radius 1 is 1.09 bits per heavy atom. The number of rotatable bonds is 4. The molecule has 2 heterocycles. The minimum absolute atomic E-state index is 0.234. The molecular weight excluding hydrogens is 314 g/mol. The molecule has 0 aliphatic carbocycles. The third-order valence-electron chi connectivity index (χ3n) is 3.90. The van der Waals surface area contributed by atoms with Crippen LogP contribution >= 0.6 is 0 Å². The van der Waals surface area contributed by atoms with Gasteiger partial charge in [-0.3, -0.25) is 4.90 Å². The largest absolute Gasteiger partial charge is 0.497 e. The summed E-state index contributed by atoms with van der Waals surface area (Å²) in [5.41, 5.74) is 1.92. The fourth-order valence-electron chi connectivity index (χ4n) is 2.49. The lowest BCUT2D eigenvalue weighted by Crippen LogP contribution is -2.39. The number of nitrogens with zero attached hydrogens (tertiary/aromatic N) is 3. The second kappa shape index (κ2) is 6.64. The molecule has 0 unspecified atom stereocenters. The average Bonchev–Trinajstić information content (AvgIpc) is 2.58. The number of methoxy groups -OCH3 is 1. The van der Waals surface area contributed by atoms with Crippen molar-refractivity contribution >= 4 is 9.84 Å². The zero-order valence-electron chi connectivity index (χ0n) is 13.0. The van der Waals surface area contributed by atoms with E-state index in [1.54, 1.807) is 19.5 Å². The normalized spacial score (nSPS) is 17.8. The van der Waals surface area contributed by atoms with Crippen molar-refractivity contribution in [2.75, 3.05) is 31.7 Å². The molecule has 1 saturated heterocycles. The van der Waals surface area contributed by atoms with Crippen LogP contribution in [0.4, 0.5) is 0 Å². The van der Waals surface area contributed by atoms with Crippen LogP contribution in [-0.2, 0) is 16.4 Å². The van der Waals surface area contributed by atoms with Gasteiger partial charge in [-0.1, -0.05) is 0 Å². The number of benzene rings is 1. The molecule has 1 aromatic carbocycles. The molecule has 1 aliphatic heterocycles. The molecule has 0 amide bonds. The SMILES string of the molecule is COc1ccc(-c2ncc(CN3CCS(=O)(=O)CC3)cn2)cc1. The molecular formula is C16H19N3O3S. The minimum atomic E-state index is -2.84. The molecule has 1 fully saturated rings. The lowest BCUT2D eigenvalue weighted by molar-refractivity contribution is 0.287. The average molecular weight is 333 g/mol. The van der Waals surface area contributed by atoms with Crippen LogP contribution in [0, 0.1) is 0 Å². The summed E-state index contributed by atoms with van der Waals surface area (Å²) < 4.78 is 28.0. The van der Waals surface area contributed by atoms with Gasteiger partial charge in [0.25, 0.3) is 0 Å². The van der Waals surface area contributed by atoms with E-state index in [4.69, 9.17) is 4.74 Å². The van der Waals surface area contributed by atoms with E-state index < -0.39 is 9.84 Å². The summed E-state index contributed by atoms with van der Waals surface area (Å²) in [5, 5.41) is 0. The predicted octanol–water partition coefficient (Wildman–Crippen LogP) is 1.38. The zero-order chi connectivity index (χ0) is 16.3. The van der Waals surface area contributed by atoms with Gasteiger partial charge in [-0.05, 0) is 24.3 Å². The van der Waals surface area contributed by atoms with Crippen LogP contribution in [-0.4, -0.2) is 55.0 Å². The minimum Gasteiger partial charge on any atom is -0.497 e. The Bertz CT molecular complexity index is 744. The first-order chi connectivity index (χ1) is 11.1. The van der Waals surface area contributed by atoms with Crippen LogP contribution in [0.15, 0.2) is 36.7 Å². The van der Waals surface area contributed by atoms with Gasteiger partial charge < -0.3 is 4.74 Å². The molecule has 1 aliphatic rings. The van der Waals surface area contributed by atoms with Crippen molar-refractivity contribution in [3.05, 3.63) is 42.2 Å². The Kier molecular flexibility index (Phi) is 4.58. The standard InChI is InChI=1S/C16H19N3O3S/c1-22-15-4-2-14(3-5-15)16-17-10-13(11-18-16)12-19-6-8-23(20,21)9-7-19/h2-5,10-11H,6-9,12H2,1H3. The van der Waals surface area contributed by atoms with Crippen LogP contribution in [0.1, 0.15) is 5.56 Å². The summed E-state index contributed by atoms with van der Waals surface area (Å²) in [6, 6.07) is 7.59. The smallest absolute Gasteiger partial charge is 0.159 e. The van der Waals surface area contributed by atoms with Crippen LogP contribution in [0.25, 0.3) is 11.4 Å². The fourth-order valence-corrected chi connectivity index (χ4v) is 3.77. The summed E-state index contributed by atoms with van der Waals surface area (Å²) in [7, 11) is -1.21. The number of sulfone groups is 1. The summed E-state index contributed by atoms with van der Waals surface area (Å²) in [4.78, 5) is 10.9. The Morgan fingerprint density at radius 3 is 2.26 bits per heavy atom. The molecule has 0 spiro atoms. The molecule has 0 radical (unpaired) electrons. The molecule has 7 heteroatoms. The Hall–Kier alpha value is -1.99. The van der Waals surface area contributed by atoms with Crippen molar-refractivity contribution in [1.29, 1.82) is 0 Å². The molecule has 1 aromatic heterocycles. The Morgan fingerprint density at radius 2 is 1.70 bits per heavy atom. The molecule has 23 heavy (non-hydrogen) atoms. The lowest BCUT2D eigenvalue weighted by atomic mass is 10.2. The number of hydrogen-bond acceptors (Lipinski definition) is 6. The topological polar surface area (TPSA) is 72.4 Å². The highest BCUT2D eigenvalue weighted by Crippen LogP contribution is 2.19. The van der Waals surface area contributed by atoms with E-state index >= 15 is 0 Å². The summed E-state index contributed by atoms with van der Waals surface area (Å²) in [5.74, 6) is 1.93. The third-order valence-corrected chi connectivity index (χ3v) is 5.51. The van der Waals surface area contributed by atoms with Crippen molar-refractivity contribution in [3.8, 4) is 17.1 Å². The maximum atomic E-state index is 11.4. The maximum absolute atomic E-state index is 11.4. The van der Waals surface area contributed by atoms with Gasteiger partial charge in [0, 0.05) is 43.2 Å². The van der Waals surface area contributed by atoms with Crippen LogP contribution in [0.5, 0.6) is 5.75 Å². The molecule has 0 bridgehead atoms. The van der Waals surface area contributed by atoms with E-state index in [0.717, 1.165) is 16.9 Å². The monoisotopic (exact) mass is 333 g/mol. The van der Waals surface area contributed by atoms with Crippen LogP contribution in [0.3, 0.4) is 0 Å². The van der Waals surface area contributed by atoms with E-state index in [2.05, 4.69) is 14.9 Å². The van der Waals surface area contributed by atoms with E-state index in [0.29, 0.717) is 25.5 Å². The summed E-state index contributed by atoms with van der Waals surface area (Å²) >= 11 is 0. The Balaban J connectivity index is 1.65. The first-order valence-corrected chi connectivity index (χ1v) is 9.26. The van der Waals surface area contributed by atoms with Crippen molar-refractivity contribution < 1.29 is 13.2 Å². The molecule has 0 saturated carbocycles. The summed E-state index contributed by atoms with van der Waals surface area (Å²) in [6.07, 6.45) is 3.60. The second-order valence-electron chi connectivity index (χ2n) is 5.57. The van der Waals surface area contributed by atoms with Crippen molar-refractivity contribution in [3.63, 3.8) is 0 Å². The van der Waals surface area contributed by atoms with Gasteiger partial charge in [-0.25, -0.2) is 18.4 Å². The molecule has 2 aromatic rings. The number of ether oxygens (including phenoxy) is 1. The van der Waals surface area contributed by atoms with Gasteiger partial charge in [0.1, 0.15) is 5.75 Å². The van der Waals surface area contributed by atoms with E-state index in [1.165, 1.54) is 0 Å². The third kappa shape index (κ3) is 4.05. The van der Waals surface area contributed by atoms with Crippen LogP contribution in [0.2, 0.25) is 0 Å². The zero-order valence-corrected chi connectivity index (χ0v) is 13.8. The highest BCUT2D eigenvalue weighted by molar-refractivity contribution is 7.91. The van der Waals surface area contributed by atoms with Crippen molar-refractivity contribution in [1.82, 2.24) is 14.9 Å². The van der Waals surface area contributed by atoms with Crippen molar-refractivity contribution in [2.24, 2.45) is 0 Å². The molecule has 6 nitrogen and oxygen atoms in total. The molecule has 0 atom stereocenters. The predicted molar refractivity (Wildman–Crippen MR) is 88.0 cm³/mol. The highest BCUT2D eigenvalue weighted by Gasteiger charge is 2.21. The van der Waals surface area contributed by atoms with E-state index in [1.807, 2.05) is 24.3 Å². The van der Waals surface area contributed by atoms with Crippen molar-refractivity contribution in [2.45, 2.75) is 6.54 Å². The maximum Gasteiger partial charge on any atom is 0.159 e. The fraction of sp³-hybridized carbons (Fsp3) is 0.375. The highest BCUT2D eigenvalue weighted by atomic mass is 32.2. The Labute approximate surface area is 136 Å². The molecule has 3 rings (SSSR count). The van der Waals surface area contributed by atoms with E-state index in [-0.39, 0.29) is 11.5 Å². The second-order valence-corrected chi connectivity index (χ2v) is 7.88. The molecule has 122 valence electrons. The first kappa shape index (κ1) is 15.9. The van der Waals surface area contributed by atoms with Gasteiger partial charge >= 0.3 is 0 Å². The number of aromatic nitrogens is 2. The molecule has 0 N–H and O–H groups in total.